The fraction of sp³-hybridized carbons (Fsp3) is 0.583. The van der Waals surface area contributed by atoms with Crippen molar-refractivity contribution in [2.75, 3.05) is 13.7 Å². The molecule has 7 heteroatoms. The summed E-state index contributed by atoms with van der Waals surface area (Å²) >= 11 is 1.38. The smallest absolute Gasteiger partial charge is 0.326 e. The number of hydrogen-bond acceptors (Lipinski definition) is 5. The van der Waals surface area contributed by atoms with Crippen LogP contribution in [0, 0.1) is 0 Å². The Bertz CT molecular complexity index is 482. The number of hydrogen-bond donors (Lipinski definition) is 1. The summed E-state index contributed by atoms with van der Waals surface area (Å²) in [6.07, 6.45) is 1.90. The number of aromatic nitrogens is 1. The molecule has 1 N–H and O–H groups in total. The van der Waals surface area contributed by atoms with Crippen LogP contribution in [0.2, 0.25) is 0 Å². The van der Waals surface area contributed by atoms with Gasteiger partial charge < -0.3 is 14.7 Å². The van der Waals surface area contributed by atoms with E-state index in [0.717, 1.165) is 24.5 Å². The van der Waals surface area contributed by atoms with E-state index in [1.54, 1.807) is 5.38 Å². The molecule has 1 aromatic heterocycles. The number of thiazole rings is 1. The molecule has 0 aromatic carbocycles. The van der Waals surface area contributed by atoms with Crippen LogP contribution in [0.25, 0.3) is 0 Å². The van der Waals surface area contributed by atoms with Crippen molar-refractivity contribution in [3.8, 4) is 0 Å². The van der Waals surface area contributed by atoms with Crippen molar-refractivity contribution in [2.24, 2.45) is 0 Å². The molecule has 6 nitrogen and oxygen atoms in total. The highest BCUT2D eigenvalue weighted by Crippen LogP contribution is 2.30. The minimum atomic E-state index is -1.04. The Kier molecular flexibility index (Phi) is 4.16. The summed E-state index contributed by atoms with van der Waals surface area (Å²) in [5, 5.41) is 11.3. The zero-order valence-electron chi connectivity index (χ0n) is 10.8. The van der Waals surface area contributed by atoms with Gasteiger partial charge in [-0.25, -0.2) is 9.78 Å². The van der Waals surface area contributed by atoms with Gasteiger partial charge in [0.05, 0.1) is 0 Å². The summed E-state index contributed by atoms with van der Waals surface area (Å²) < 4.78 is 5.51. The van der Waals surface area contributed by atoms with Crippen LogP contribution in [0.5, 0.6) is 0 Å². The quantitative estimate of drug-likeness (QED) is 0.907. The van der Waals surface area contributed by atoms with Gasteiger partial charge in [0.25, 0.3) is 5.91 Å². The monoisotopic (exact) mass is 284 g/mol. The second-order valence-corrected chi connectivity index (χ2v) is 5.39. The molecule has 1 aromatic rings. The third-order valence-corrected chi connectivity index (χ3v) is 4.14. The number of carbonyl (C=O) groups excluding carboxylic acids is 1. The lowest BCUT2D eigenvalue weighted by molar-refractivity contribution is -0.141. The minimum absolute atomic E-state index is 0.0197. The molecule has 0 radical (unpaired) electrons. The Labute approximate surface area is 115 Å². The van der Waals surface area contributed by atoms with E-state index in [2.05, 4.69) is 4.98 Å². The molecule has 1 fully saturated rings. The van der Waals surface area contributed by atoms with E-state index < -0.39 is 12.0 Å². The molecule has 1 aliphatic heterocycles. The van der Waals surface area contributed by atoms with Gasteiger partial charge in [0.1, 0.15) is 22.8 Å². The molecule has 104 valence electrons. The van der Waals surface area contributed by atoms with Crippen molar-refractivity contribution in [3.05, 3.63) is 16.1 Å². The van der Waals surface area contributed by atoms with E-state index in [4.69, 9.17) is 9.84 Å². The van der Waals surface area contributed by atoms with Crippen LogP contribution in [-0.2, 0) is 9.53 Å². The number of likely N-dealkylation sites (N-methyl/N-ethyl adjacent to an activating group) is 1. The van der Waals surface area contributed by atoms with Crippen molar-refractivity contribution in [1.29, 1.82) is 0 Å². The highest BCUT2D eigenvalue weighted by molar-refractivity contribution is 7.09. The lowest BCUT2D eigenvalue weighted by Crippen LogP contribution is -2.40. The van der Waals surface area contributed by atoms with E-state index in [9.17, 15) is 9.59 Å². The second kappa shape index (κ2) is 5.66. The number of ether oxygens (including phenoxy) is 1. The van der Waals surface area contributed by atoms with E-state index in [-0.39, 0.29) is 17.7 Å². The SMILES string of the molecule is CC(C(=O)O)N(C)C(=O)c1csc(C2CCCO2)n1. The van der Waals surface area contributed by atoms with Crippen molar-refractivity contribution in [2.45, 2.75) is 31.9 Å². The van der Waals surface area contributed by atoms with Gasteiger partial charge in [0, 0.05) is 19.0 Å². The highest BCUT2D eigenvalue weighted by Gasteiger charge is 2.26. The minimum Gasteiger partial charge on any atom is -0.480 e. The van der Waals surface area contributed by atoms with Crippen LogP contribution in [0.3, 0.4) is 0 Å². The lowest BCUT2D eigenvalue weighted by Gasteiger charge is -2.20. The molecule has 2 rings (SSSR count). The van der Waals surface area contributed by atoms with Crippen LogP contribution in [0.15, 0.2) is 5.38 Å². The topological polar surface area (TPSA) is 79.7 Å². The van der Waals surface area contributed by atoms with Gasteiger partial charge in [-0.3, -0.25) is 4.79 Å². The number of rotatable bonds is 4. The maximum atomic E-state index is 12.1. The van der Waals surface area contributed by atoms with Gasteiger partial charge in [0.15, 0.2) is 0 Å². The molecule has 0 aliphatic carbocycles. The Morgan fingerprint density at radius 1 is 1.63 bits per heavy atom. The van der Waals surface area contributed by atoms with E-state index in [0.29, 0.717) is 0 Å². The molecule has 1 amide bonds. The second-order valence-electron chi connectivity index (χ2n) is 4.50. The largest absolute Gasteiger partial charge is 0.480 e. The molecule has 0 saturated carbocycles. The van der Waals surface area contributed by atoms with Crippen molar-refractivity contribution >= 4 is 23.2 Å². The summed E-state index contributed by atoms with van der Waals surface area (Å²) in [6.45, 7) is 2.19. The molecular weight excluding hydrogens is 268 g/mol. The number of carboxylic acids is 1. The first-order chi connectivity index (χ1) is 9.00. The molecule has 2 atom stereocenters. The Balaban J connectivity index is 2.09. The van der Waals surface area contributed by atoms with Gasteiger partial charge in [0.2, 0.25) is 0 Å². The Hall–Kier alpha value is -1.47. The summed E-state index contributed by atoms with van der Waals surface area (Å²) in [4.78, 5) is 28.4. The highest BCUT2D eigenvalue weighted by atomic mass is 32.1. The van der Waals surface area contributed by atoms with Gasteiger partial charge in [-0.1, -0.05) is 0 Å². The maximum Gasteiger partial charge on any atom is 0.326 e. The van der Waals surface area contributed by atoms with Crippen LogP contribution in [-0.4, -0.2) is 46.6 Å². The number of amides is 1. The van der Waals surface area contributed by atoms with Gasteiger partial charge in [-0.05, 0) is 19.8 Å². The molecule has 19 heavy (non-hydrogen) atoms. The fourth-order valence-electron chi connectivity index (χ4n) is 1.83. The summed E-state index contributed by atoms with van der Waals surface area (Å²) in [5.74, 6) is -1.42. The maximum absolute atomic E-state index is 12.1. The molecule has 2 heterocycles. The third kappa shape index (κ3) is 2.93. The van der Waals surface area contributed by atoms with Crippen LogP contribution < -0.4 is 0 Å². The van der Waals surface area contributed by atoms with Gasteiger partial charge in [-0.15, -0.1) is 11.3 Å². The molecule has 1 aliphatic rings. The van der Waals surface area contributed by atoms with Gasteiger partial charge in [-0.2, -0.15) is 0 Å². The molecule has 0 bridgehead atoms. The molecule has 1 saturated heterocycles. The first-order valence-electron chi connectivity index (χ1n) is 6.07. The van der Waals surface area contributed by atoms with E-state index in [1.165, 1.54) is 30.2 Å². The predicted octanol–water partition coefficient (Wildman–Crippen LogP) is 1.54. The summed E-state index contributed by atoms with van der Waals surface area (Å²) in [5.41, 5.74) is 0.283. The summed E-state index contributed by atoms with van der Waals surface area (Å²) in [6, 6.07) is -0.875. The average molecular weight is 284 g/mol. The average Bonchev–Trinajstić information content (AvgIpc) is 3.05. The Morgan fingerprint density at radius 2 is 2.37 bits per heavy atom. The summed E-state index contributed by atoms with van der Waals surface area (Å²) in [7, 11) is 1.46. The third-order valence-electron chi connectivity index (χ3n) is 3.20. The van der Waals surface area contributed by atoms with Crippen LogP contribution in [0.4, 0.5) is 0 Å². The van der Waals surface area contributed by atoms with Crippen LogP contribution >= 0.6 is 11.3 Å². The van der Waals surface area contributed by atoms with Crippen molar-refractivity contribution < 1.29 is 19.4 Å². The predicted molar refractivity (Wildman–Crippen MR) is 69.2 cm³/mol. The van der Waals surface area contributed by atoms with E-state index >= 15 is 0 Å². The standard InChI is InChI=1S/C12H16N2O4S/c1-7(12(16)17)14(2)11(15)8-6-19-10(13-8)9-4-3-5-18-9/h6-7,9H,3-5H2,1-2H3,(H,16,17). The number of nitrogens with zero attached hydrogens (tertiary/aromatic N) is 2. The number of carbonyl (C=O) groups is 2. The fourth-order valence-corrected chi connectivity index (χ4v) is 2.70. The first-order valence-corrected chi connectivity index (χ1v) is 6.95. The zero-order valence-corrected chi connectivity index (χ0v) is 11.6. The van der Waals surface area contributed by atoms with Gasteiger partial charge >= 0.3 is 5.97 Å². The van der Waals surface area contributed by atoms with Crippen molar-refractivity contribution in [3.63, 3.8) is 0 Å². The lowest BCUT2D eigenvalue weighted by atomic mass is 10.2. The van der Waals surface area contributed by atoms with Crippen LogP contribution in [0.1, 0.15) is 41.4 Å². The molecular formula is C12H16N2O4S. The van der Waals surface area contributed by atoms with E-state index in [1.807, 2.05) is 0 Å². The number of carboxylic acid groups (broad SMARTS) is 1. The Morgan fingerprint density at radius 3 is 2.95 bits per heavy atom. The number of aliphatic carboxylic acids is 1. The molecule has 0 spiro atoms. The first kappa shape index (κ1) is 14.0. The zero-order chi connectivity index (χ0) is 14.0. The molecule has 2 unspecified atom stereocenters. The van der Waals surface area contributed by atoms with Crippen molar-refractivity contribution in [1.82, 2.24) is 9.88 Å². The normalized spacial score (nSPS) is 20.2.